The van der Waals surface area contributed by atoms with Crippen LogP contribution in [0.3, 0.4) is 0 Å². The summed E-state index contributed by atoms with van der Waals surface area (Å²) in [5.74, 6) is 0. The van der Waals surface area contributed by atoms with Crippen molar-refractivity contribution in [3.8, 4) is 0 Å². The zero-order chi connectivity index (χ0) is 9.07. The normalized spacial score (nSPS) is 9.75. The second-order valence-corrected chi connectivity index (χ2v) is 2.05. The molecule has 0 saturated carbocycles. The van der Waals surface area contributed by atoms with Gasteiger partial charge in [0.15, 0.2) is 0 Å². The summed E-state index contributed by atoms with van der Waals surface area (Å²) in [5, 5.41) is 0. The fraction of sp³-hybridized carbons (Fsp3) is 0.750. The molecule has 4 heteroatoms. The van der Waals surface area contributed by atoms with Crippen LogP contribution in [0.4, 0.5) is 0 Å². The van der Waals surface area contributed by atoms with Crippen molar-refractivity contribution in [3.63, 3.8) is 0 Å². The Morgan fingerprint density at radius 2 is 1.58 bits per heavy atom. The highest BCUT2D eigenvalue weighted by molar-refractivity contribution is 4.47. The third-order valence-corrected chi connectivity index (χ3v) is 1.10. The predicted molar refractivity (Wildman–Crippen MR) is 46.8 cm³/mol. The Hall–Kier alpha value is -0.580. The van der Waals surface area contributed by atoms with E-state index in [-0.39, 0.29) is 0 Å². The molecule has 0 aromatic heterocycles. The van der Waals surface area contributed by atoms with Crippen LogP contribution in [0.25, 0.3) is 0 Å². The van der Waals surface area contributed by atoms with E-state index in [1.807, 2.05) is 0 Å². The molecule has 0 atom stereocenters. The second-order valence-electron chi connectivity index (χ2n) is 2.05. The number of hydrogen-bond acceptors (Lipinski definition) is 4. The first kappa shape index (κ1) is 11.4. The summed E-state index contributed by atoms with van der Waals surface area (Å²) in [6.07, 6.45) is 1.40. The quantitative estimate of drug-likeness (QED) is 0.400. The van der Waals surface area contributed by atoms with Crippen molar-refractivity contribution < 1.29 is 14.2 Å². The summed E-state index contributed by atoms with van der Waals surface area (Å²) < 4.78 is 15.1. The van der Waals surface area contributed by atoms with Gasteiger partial charge in [-0.2, -0.15) is 0 Å². The topological polar surface area (TPSA) is 53.7 Å². The van der Waals surface area contributed by atoms with Crippen molar-refractivity contribution in [2.45, 2.75) is 0 Å². The highest BCUT2D eigenvalue weighted by Gasteiger charge is 1.88. The van der Waals surface area contributed by atoms with Crippen molar-refractivity contribution in [1.82, 2.24) is 0 Å². The van der Waals surface area contributed by atoms with Crippen LogP contribution >= 0.6 is 0 Å². The average Bonchev–Trinajstić information content (AvgIpc) is 2.10. The zero-order valence-corrected chi connectivity index (χ0v) is 7.33. The lowest BCUT2D eigenvalue weighted by Gasteiger charge is -2.04. The standard InChI is InChI=1S/C8H17NO3/c1-2-10-5-6-12-8-7-11-4-3-9/h2H,1,3-9H2. The number of ether oxygens (including phenoxy) is 3. The summed E-state index contributed by atoms with van der Waals surface area (Å²) in [4.78, 5) is 0. The molecule has 2 N–H and O–H groups in total. The molecule has 0 aromatic rings. The Morgan fingerprint density at radius 1 is 1.00 bits per heavy atom. The molecule has 0 spiro atoms. The Morgan fingerprint density at radius 3 is 2.17 bits per heavy atom. The van der Waals surface area contributed by atoms with Gasteiger partial charge < -0.3 is 19.9 Å². The van der Waals surface area contributed by atoms with Crippen LogP contribution in [0.15, 0.2) is 12.8 Å². The van der Waals surface area contributed by atoms with Crippen LogP contribution in [0.1, 0.15) is 0 Å². The van der Waals surface area contributed by atoms with E-state index < -0.39 is 0 Å². The molecular weight excluding hydrogens is 158 g/mol. The summed E-state index contributed by atoms with van der Waals surface area (Å²) in [5.41, 5.74) is 5.21. The van der Waals surface area contributed by atoms with Gasteiger partial charge in [-0.15, -0.1) is 0 Å². The summed E-state index contributed by atoms with van der Waals surface area (Å²) in [6, 6.07) is 0. The van der Waals surface area contributed by atoms with Gasteiger partial charge in [0.05, 0.1) is 32.7 Å². The minimum atomic E-state index is 0.542. The molecule has 0 rings (SSSR count). The SMILES string of the molecule is C=COCCOCCOCCN. The fourth-order valence-electron chi connectivity index (χ4n) is 0.596. The van der Waals surface area contributed by atoms with Gasteiger partial charge in [0.2, 0.25) is 0 Å². The van der Waals surface area contributed by atoms with Crippen LogP contribution in [0.2, 0.25) is 0 Å². The molecule has 0 bridgehead atoms. The van der Waals surface area contributed by atoms with Crippen LogP contribution in [0, 0.1) is 0 Å². The Balaban J connectivity index is 2.77. The molecule has 0 aliphatic carbocycles. The Bertz CT molecular complexity index is 98.3. The molecule has 0 aliphatic rings. The molecule has 72 valence electrons. The molecule has 0 aliphatic heterocycles. The van der Waals surface area contributed by atoms with Crippen LogP contribution in [-0.2, 0) is 14.2 Å². The van der Waals surface area contributed by atoms with Gasteiger partial charge in [-0.3, -0.25) is 0 Å². The minimum absolute atomic E-state index is 0.542. The van der Waals surface area contributed by atoms with Crippen LogP contribution < -0.4 is 5.73 Å². The van der Waals surface area contributed by atoms with Gasteiger partial charge in [0, 0.05) is 6.54 Å². The van der Waals surface area contributed by atoms with Gasteiger partial charge in [-0.25, -0.2) is 0 Å². The summed E-state index contributed by atoms with van der Waals surface area (Å²) in [7, 11) is 0. The highest BCUT2D eigenvalue weighted by atomic mass is 16.5. The van der Waals surface area contributed by atoms with Gasteiger partial charge in [-0.1, -0.05) is 6.58 Å². The highest BCUT2D eigenvalue weighted by Crippen LogP contribution is 1.79. The first-order valence-corrected chi connectivity index (χ1v) is 4.00. The minimum Gasteiger partial charge on any atom is -0.499 e. The molecule has 0 radical (unpaired) electrons. The van der Waals surface area contributed by atoms with Crippen LogP contribution in [0.5, 0.6) is 0 Å². The monoisotopic (exact) mass is 175 g/mol. The van der Waals surface area contributed by atoms with Crippen molar-refractivity contribution in [2.24, 2.45) is 5.73 Å². The lowest BCUT2D eigenvalue weighted by molar-refractivity contribution is 0.0328. The van der Waals surface area contributed by atoms with E-state index in [0.29, 0.717) is 39.6 Å². The van der Waals surface area contributed by atoms with E-state index in [0.717, 1.165) is 0 Å². The predicted octanol–water partition coefficient (Wildman–Crippen LogP) is 0.138. The average molecular weight is 175 g/mol. The molecule has 0 heterocycles. The van der Waals surface area contributed by atoms with E-state index >= 15 is 0 Å². The molecule has 0 aromatic carbocycles. The first-order chi connectivity index (χ1) is 5.91. The van der Waals surface area contributed by atoms with Gasteiger partial charge in [0.25, 0.3) is 0 Å². The maximum atomic E-state index is 5.21. The van der Waals surface area contributed by atoms with Gasteiger partial charge >= 0.3 is 0 Å². The largest absolute Gasteiger partial charge is 0.499 e. The van der Waals surface area contributed by atoms with Crippen molar-refractivity contribution >= 4 is 0 Å². The molecule has 4 nitrogen and oxygen atoms in total. The number of hydrogen-bond donors (Lipinski definition) is 1. The maximum Gasteiger partial charge on any atom is 0.111 e. The van der Waals surface area contributed by atoms with E-state index in [2.05, 4.69) is 6.58 Å². The zero-order valence-electron chi connectivity index (χ0n) is 7.33. The number of nitrogens with two attached hydrogens (primary N) is 1. The molecule has 0 amide bonds. The van der Waals surface area contributed by atoms with Crippen LogP contribution in [-0.4, -0.2) is 39.6 Å². The van der Waals surface area contributed by atoms with Gasteiger partial charge in [-0.05, 0) is 0 Å². The third kappa shape index (κ3) is 9.42. The van der Waals surface area contributed by atoms with Gasteiger partial charge in [0.1, 0.15) is 6.61 Å². The lowest BCUT2D eigenvalue weighted by atomic mass is 10.7. The van der Waals surface area contributed by atoms with E-state index in [1.165, 1.54) is 6.26 Å². The summed E-state index contributed by atoms with van der Waals surface area (Å²) >= 11 is 0. The van der Waals surface area contributed by atoms with Crippen molar-refractivity contribution in [1.29, 1.82) is 0 Å². The van der Waals surface area contributed by atoms with E-state index in [1.54, 1.807) is 0 Å². The van der Waals surface area contributed by atoms with E-state index in [4.69, 9.17) is 19.9 Å². The molecule has 0 unspecified atom stereocenters. The fourth-order valence-corrected chi connectivity index (χ4v) is 0.596. The number of rotatable bonds is 9. The molecule has 0 fully saturated rings. The van der Waals surface area contributed by atoms with Crippen molar-refractivity contribution in [3.05, 3.63) is 12.8 Å². The maximum absolute atomic E-state index is 5.21. The summed E-state index contributed by atoms with van der Waals surface area (Å²) in [6.45, 7) is 6.83. The Kier molecular flexibility index (Phi) is 9.92. The molecular formula is C8H17NO3. The second kappa shape index (κ2) is 10.4. The molecule has 0 saturated heterocycles. The van der Waals surface area contributed by atoms with E-state index in [9.17, 15) is 0 Å². The van der Waals surface area contributed by atoms with Crippen molar-refractivity contribution in [2.75, 3.05) is 39.6 Å². The smallest absolute Gasteiger partial charge is 0.111 e. The molecule has 12 heavy (non-hydrogen) atoms. The lowest BCUT2D eigenvalue weighted by Crippen LogP contribution is -2.13. The third-order valence-electron chi connectivity index (χ3n) is 1.10. The Labute approximate surface area is 73.3 Å². The first-order valence-electron chi connectivity index (χ1n) is 4.00.